The Kier molecular flexibility index (Phi) is 8.83. The van der Waals surface area contributed by atoms with Crippen LogP contribution in [0, 0.1) is 0 Å². The molecule has 0 aliphatic carbocycles. The standard InChI is InChI=1S/C16H27NO3/c1-4-18-12-8-11-17-13-14(3)20-16-10-7-6-9-15(16)19-5-2/h6-7,9-10,14,17H,4-5,8,11-13H2,1-3H3. The predicted octanol–water partition coefficient (Wildman–Crippen LogP) is 2.87. The van der Waals surface area contributed by atoms with Gasteiger partial charge in [-0.3, -0.25) is 0 Å². The fourth-order valence-electron chi connectivity index (χ4n) is 1.83. The Morgan fingerprint density at radius 1 is 1.10 bits per heavy atom. The molecule has 0 aromatic heterocycles. The van der Waals surface area contributed by atoms with Crippen molar-refractivity contribution in [3.63, 3.8) is 0 Å². The van der Waals surface area contributed by atoms with E-state index in [-0.39, 0.29) is 6.10 Å². The number of para-hydroxylation sites is 2. The molecule has 1 aromatic carbocycles. The Hall–Kier alpha value is -1.26. The Morgan fingerprint density at radius 3 is 2.55 bits per heavy atom. The highest BCUT2D eigenvalue weighted by Crippen LogP contribution is 2.27. The fraction of sp³-hybridized carbons (Fsp3) is 0.625. The minimum absolute atomic E-state index is 0.101. The first-order chi connectivity index (χ1) is 9.77. The number of benzene rings is 1. The predicted molar refractivity (Wildman–Crippen MR) is 81.7 cm³/mol. The van der Waals surface area contributed by atoms with Crippen LogP contribution in [0.4, 0.5) is 0 Å². The molecule has 1 rings (SSSR count). The molecule has 114 valence electrons. The van der Waals surface area contributed by atoms with E-state index in [1.54, 1.807) is 0 Å². The van der Waals surface area contributed by atoms with E-state index in [0.717, 1.165) is 44.2 Å². The molecule has 1 atom stereocenters. The van der Waals surface area contributed by atoms with Crippen LogP contribution in [-0.2, 0) is 4.74 Å². The number of rotatable bonds is 11. The van der Waals surface area contributed by atoms with Crippen LogP contribution in [0.15, 0.2) is 24.3 Å². The van der Waals surface area contributed by atoms with Crippen LogP contribution < -0.4 is 14.8 Å². The lowest BCUT2D eigenvalue weighted by molar-refractivity contribution is 0.143. The minimum Gasteiger partial charge on any atom is -0.490 e. The maximum Gasteiger partial charge on any atom is 0.161 e. The molecule has 1 unspecified atom stereocenters. The summed E-state index contributed by atoms with van der Waals surface area (Å²) in [5.74, 6) is 1.61. The SMILES string of the molecule is CCOCCCNCC(C)Oc1ccccc1OCC. The summed E-state index contributed by atoms with van der Waals surface area (Å²) >= 11 is 0. The van der Waals surface area contributed by atoms with Gasteiger partial charge in [-0.05, 0) is 45.9 Å². The van der Waals surface area contributed by atoms with Gasteiger partial charge >= 0.3 is 0 Å². The molecular weight excluding hydrogens is 254 g/mol. The van der Waals surface area contributed by atoms with E-state index in [0.29, 0.717) is 6.61 Å². The van der Waals surface area contributed by atoms with Crippen molar-refractivity contribution >= 4 is 0 Å². The maximum atomic E-state index is 5.91. The molecular formula is C16H27NO3. The van der Waals surface area contributed by atoms with Crippen LogP contribution in [0.3, 0.4) is 0 Å². The molecule has 0 aliphatic heterocycles. The first-order valence-electron chi connectivity index (χ1n) is 7.44. The van der Waals surface area contributed by atoms with Crippen molar-refractivity contribution in [3.05, 3.63) is 24.3 Å². The van der Waals surface area contributed by atoms with Gasteiger partial charge in [-0.1, -0.05) is 12.1 Å². The Bertz CT molecular complexity index is 357. The molecule has 0 fully saturated rings. The summed E-state index contributed by atoms with van der Waals surface area (Å²) < 4.78 is 16.7. The summed E-state index contributed by atoms with van der Waals surface area (Å²) in [5.41, 5.74) is 0. The first-order valence-corrected chi connectivity index (χ1v) is 7.44. The van der Waals surface area contributed by atoms with Crippen LogP contribution >= 0.6 is 0 Å². The van der Waals surface area contributed by atoms with Crippen molar-refractivity contribution in [2.75, 3.05) is 32.9 Å². The Morgan fingerprint density at radius 2 is 1.85 bits per heavy atom. The second-order valence-electron chi connectivity index (χ2n) is 4.56. The second-order valence-corrected chi connectivity index (χ2v) is 4.56. The second kappa shape index (κ2) is 10.5. The lowest BCUT2D eigenvalue weighted by Crippen LogP contribution is -2.30. The van der Waals surface area contributed by atoms with Crippen molar-refractivity contribution in [1.82, 2.24) is 5.32 Å². The fourth-order valence-corrected chi connectivity index (χ4v) is 1.83. The summed E-state index contributed by atoms with van der Waals surface area (Å²) in [6.45, 7) is 10.0. The van der Waals surface area contributed by atoms with Gasteiger partial charge in [0.25, 0.3) is 0 Å². The molecule has 1 aromatic rings. The third-order valence-corrected chi connectivity index (χ3v) is 2.76. The van der Waals surface area contributed by atoms with Crippen molar-refractivity contribution in [2.24, 2.45) is 0 Å². The summed E-state index contributed by atoms with van der Waals surface area (Å²) in [6.07, 6.45) is 1.12. The van der Waals surface area contributed by atoms with Crippen molar-refractivity contribution in [3.8, 4) is 11.5 Å². The maximum absolute atomic E-state index is 5.91. The van der Waals surface area contributed by atoms with Gasteiger partial charge in [0.1, 0.15) is 6.10 Å². The average molecular weight is 281 g/mol. The third kappa shape index (κ3) is 6.78. The van der Waals surface area contributed by atoms with Gasteiger partial charge in [0.2, 0.25) is 0 Å². The highest BCUT2D eigenvalue weighted by atomic mass is 16.5. The molecule has 0 bridgehead atoms. The lowest BCUT2D eigenvalue weighted by atomic mass is 10.3. The molecule has 20 heavy (non-hydrogen) atoms. The minimum atomic E-state index is 0.101. The highest BCUT2D eigenvalue weighted by molar-refractivity contribution is 5.39. The smallest absolute Gasteiger partial charge is 0.161 e. The van der Waals surface area contributed by atoms with E-state index < -0.39 is 0 Å². The van der Waals surface area contributed by atoms with Crippen molar-refractivity contribution < 1.29 is 14.2 Å². The van der Waals surface area contributed by atoms with Gasteiger partial charge in [0, 0.05) is 19.8 Å². The normalized spacial score (nSPS) is 12.2. The van der Waals surface area contributed by atoms with Crippen LogP contribution in [0.25, 0.3) is 0 Å². The van der Waals surface area contributed by atoms with E-state index in [1.165, 1.54) is 0 Å². The molecule has 0 saturated carbocycles. The molecule has 0 heterocycles. The van der Waals surface area contributed by atoms with Crippen LogP contribution in [-0.4, -0.2) is 39.0 Å². The van der Waals surface area contributed by atoms with Gasteiger partial charge in [-0.25, -0.2) is 0 Å². The molecule has 0 amide bonds. The van der Waals surface area contributed by atoms with E-state index in [9.17, 15) is 0 Å². The summed E-state index contributed by atoms with van der Waals surface area (Å²) in [5, 5.41) is 3.37. The lowest BCUT2D eigenvalue weighted by Gasteiger charge is -2.17. The quantitative estimate of drug-likeness (QED) is 0.633. The van der Waals surface area contributed by atoms with Crippen molar-refractivity contribution in [1.29, 1.82) is 0 Å². The van der Waals surface area contributed by atoms with Gasteiger partial charge in [-0.15, -0.1) is 0 Å². The molecule has 0 radical (unpaired) electrons. The zero-order valence-electron chi connectivity index (χ0n) is 12.9. The number of ether oxygens (including phenoxy) is 3. The molecule has 0 spiro atoms. The van der Waals surface area contributed by atoms with E-state index in [1.807, 2.05) is 38.1 Å². The monoisotopic (exact) mass is 281 g/mol. The molecule has 1 N–H and O–H groups in total. The molecule has 0 aliphatic rings. The third-order valence-electron chi connectivity index (χ3n) is 2.76. The molecule has 4 nitrogen and oxygen atoms in total. The van der Waals surface area contributed by atoms with Gasteiger partial charge in [-0.2, -0.15) is 0 Å². The highest BCUT2D eigenvalue weighted by Gasteiger charge is 2.08. The van der Waals surface area contributed by atoms with Gasteiger partial charge < -0.3 is 19.5 Å². The topological polar surface area (TPSA) is 39.7 Å². The molecule has 4 heteroatoms. The first kappa shape index (κ1) is 16.8. The summed E-state index contributed by atoms with van der Waals surface area (Å²) in [6, 6.07) is 7.78. The number of hydrogen-bond donors (Lipinski definition) is 1. The Labute approximate surface area is 122 Å². The van der Waals surface area contributed by atoms with E-state index in [4.69, 9.17) is 14.2 Å². The summed E-state index contributed by atoms with van der Waals surface area (Å²) in [7, 11) is 0. The molecule has 0 saturated heterocycles. The van der Waals surface area contributed by atoms with Crippen LogP contribution in [0.1, 0.15) is 27.2 Å². The van der Waals surface area contributed by atoms with E-state index in [2.05, 4.69) is 12.2 Å². The number of hydrogen-bond acceptors (Lipinski definition) is 4. The van der Waals surface area contributed by atoms with Gasteiger partial charge in [0.05, 0.1) is 6.61 Å². The van der Waals surface area contributed by atoms with Crippen molar-refractivity contribution in [2.45, 2.75) is 33.3 Å². The zero-order valence-corrected chi connectivity index (χ0v) is 12.9. The van der Waals surface area contributed by atoms with Crippen LogP contribution in [0.2, 0.25) is 0 Å². The van der Waals surface area contributed by atoms with E-state index >= 15 is 0 Å². The largest absolute Gasteiger partial charge is 0.490 e. The Balaban J connectivity index is 2.26. The number of nitrogens with one attached hydrogen (secondary N) is 1. The zero-order chi connectivity index (χ0) is 14.6. The van der Waals surface area contributed by atoms with Crippen LogP contribution in [0.5, 0.6) is 11.5 Å². The summed E-state index contributed by atoms with van der Waals surface area (Å²) in [4.78, 5) is 0. The average Bonchev–Trinajstić information content (AvgIpc) is 2.45. The van der Waals surface area contributed by atoms with Gasteiger partial charge in [0.15, 0.2) is 11.5 Å².